The Bertz CT molecular complexity index is 189. The van der Waals surface area contributed by atoms with Gasteiger partial charge in [-0.05, 0) is 25.2 Å². The zero-order chi connectivity index (χ0) is 12.6. The summed E-state index contributed by atoms with van der Waals surface area (Å²) in [5, 5.41) is 0. The normalized spacial score (nSPS) is 12.1. The van der Waals surface area contributed by atoms with Gasteiger partial charge in [0, 0.05) is 25.0 Å². The van der Waals surface area contributed by atoms with E-state index in [1.807, 2.05) is 20.8 Å². The molecule has 0 unspecified atom stereocenters. The van der Waals surface area contributed by atoms with Crippen LogP contribution in [0.3, 0.4) is 0 Å². The van der Waals surface area contributed by atoms with Crippen LogP contribution in [0.2, 0.25) is 0 Å². The first-order valence-corrected chi connectivity index (χ1v) is 6.45. The molecule has 0 aliphatic carbocycles. The molecule has 0 heterocycles. The minimum absolute atomic E-state index is 0.197. The molecule has 96 valence electrons. The minimum atomic E-state index is -0.197. The van der Waals surface area contributed by atoms with Crippen LogP contribution in [0.5, 0.6) is 0 Å². The second-order valence-electron chi connectivity index (χ2n) is 5.93. The van der Waals surface area contributed by atoms with Crippen molar-refractivity contribution in [2.75, 3.05) is 13.2 Å². The summed E-state index contributed by atoms with van der Waals surface area (Å²) in [5.74, 6) is 1.09. The maximum absolute atomic E-state index is 11.6. The average molecular weight is 228 g/mol. The SMILES string of the molecule is CC(C)CCCOCCCC(=O)C(C)(C)C. The molecule has 0 rings (SSSR count). The molecular formula is C14H28O2. The molecule has 0 spiro atoms. The first-order valence-electron chi connectivity index (χ1n) is 6.45. The Morgan fingerprint density at radius 2 is 1.69 bits per heavy atom. The van der Waals surface area contributed by atoms with Crippen molar-refractivity contribution in [2.45, 2.75) is 60.3 Å². The number of ketones is 1. The molecule has 0 saturated heterocycles. The first kappa shape index (κ1) is 15.6. The second-order valence-corrected chi connectivity index (χ2v) is 5.93. The number of ether oxygens (including phenoxy) is 1. The summed E-state index contributed by atoms with van der Waals surface area (Å²) in [7, 11) is 0. The Kier molecular flexibility index (Phi) is 7.65. The predicted molar refractivity (Wildman–Crippen MR) is 68.6 cm³/mol. The molecule has 0 saturated carbocycles. The van der Waals surface area contributed by atoms with Gasteiger partial charge in [-0.2, -0.15) is 0 Å². The summed E-state index contributed by atoms with van der Waals surface area (Å²) < 4.78 is 5.49. The zero-order valence-corrected chi connectivity index (χ0v) is 11.6. The van der Waals surface area contributed by atoms with Crippen LogP contribution < -0.4 is 0 Å². The van der Waals surface area contributed by atoms with E-state index < -0.39 is 0 Å². The third-order valence-corrected chi connectivity index (χ3v) is 2.60. The lowest BCUT2D eigenvalue weighted by molar-refractivity contribution is -0.126. The van der Waals surface area contributed by atoms with Crippen LogP contribution in [0.1, 0.15) is 60.3 Å². The summed E-state index contributed by atoms with van der Waals surface area (Å²) in [5.41, 5.74) is -0.197. The Morgan fingerprint density at radius 1 is 1.12 bits per heavy atom. The molecule has 0 N–H and O–H groups in total. The molecule has 0 amide bonds. The number of carbonyl (C=O) groups excluding carboxylic acids is 1. The first-order chi connectivity index (χ1) is 7.34. The molecule has 0 bridgehead atoms. The van der Waals surface area contributed by atoms with Gasteiger partial charge in [-0.3, -0.25) is 4.79 Å². The number of carbonyl (C=O) groups is 1. The largest absolute Gasteiger partial charge is 0.381 e. The maximum atomic E-state index is 11.6. The van der Waals surface area contributed by atoms with Crippen molar-refractivity contribution in [2.24, 2.45) is 11.3 Å². The van der Waals surface area contributed by atoms with E-state index in [-0.39, 0.29) is 5.41 Å². The summed E-state index contributed by atoms with van der Waals surface area (Å²) in [4.78, 5) is 11.6. The van der Waals surface area contributed by atoms with Crippen LogP contribution in [0.15, 0.2) is 0 Å². The lowest BCUT2D eigenvalue weighted by Gasteiger charge is -2.16. The average Bonchev–Trinajstić information content (AvgIpc) is 2.14. The van der Waals surface area contributed by atoms with Crippen LogP contribution in [0.25, 0.3) is 0 Å². The summed E-state index contributed by atoms with van der Waals surface area (Å²) in [6.07, 6.45) is 3.86. The van der Waals surface area contributed by atoms with Crippen LogP contribution >= 0.6 is 0 Å². The van der Waals surface area contributed by atoms with Crippen molar-refractivity contribution in [1.82, 2.24) is 0 Å². The predicted octanol–water partition coefficient (Wildman–Crippen LogP) is 3.83. The lowest BCUT2D eigenvalue weighted by atomic mass is 9.88. The van der Waals surface area contributed by atoms with E-state index in [1.54, 1.807) is 0 Å². The highest BCUT2D eigenvalue weighted by atomic mass is 16.5. The molecule has 0 aromatic carbocycles. The molecule has 0 aromatic heterocycles. The van der Waals surface area contributed by atoms with Gasteiger partial charge in [0.1, 0.15) is 5.78 Å². The fraction of sp³-hybridized carbons (Fsp3) is 0.929. The number of hydrogen-bond acceptors (Lipinski definition) is 2. The van der Waals surface area contributed by atoms with Crippen LogP contribution in [0, 0.1) is 11.3 Å². The van der Waals surface area contributed by atoms with Gasteiger partial charge in [-0.1, -0.05) is 34.6 Å². The van der Waals surface area contributed by atoms with Crippen molar-refractivity contribution in [3.63, 3.8) is 0 Å². The molecule has 16 heavy (non-hydrogen) atoms. The van der Waals surface area contributed by atoms with Gasteiger partial charge >= 0.3 is 0 Å². The Labute approximate surface area is 101 Å². The van der Waals surface area contributed by atoms with Gasteiger partial charge in [-0.15, -0.1) is 0 Å². The molecule has 0 aromatic rings. The van der Waals surface area contributed by atoms with Gasteiger partial charge in [-0.25, -0.2) is 0 Å². The van der Waals surface area contributed by atoms with Crippen LogP contribution in [-0.2, 0) is 9.53 Å². The highest BCUT2D eigenvalue weighted by Gasteiger charge is 2.19. The van der Waals surface area contributed by atoms with E-state index in [1.165, 1.54) is 6.42 Å². The molecule has 0 radical (unpaired) electrons. The molecular weight excluding hydrogens is 200 g/mol. The van der Waals surface area contributed by atoms with Gasteiger partial charge < -0.3 is 4.74 Å². The van der Waals surface area contributed by atoms with Crippen molar-refractivity contribution in [1.29, 1.82) is 0 Å². The molecule has 0 aliphatic heterocycles. The summed E-state index contributed by atoms with van der Waals surface area (Å²) >= 11 is 0. The fourth-order valence-electron chi connectivity index (χ4n) is 1.41. The minimum Gasteiger partial charge on any atom is -0.381 e. The topological polar surface area (TPSA) is 26.3 Å². The van der Waals surface area contributed by atoms with Gasteiger partial charge in [0.15, 0.2) is 0 Å². The maximum Gasteiger partial charge on any atom is 0.138 e. The highest BCUT2D eigenvalue weighted by molar-refractivity contribution is 5.83. The third kappa shape index (κ3) is 8.90. The van der Waals surface area contributed by atoms with E-state index in [2.05, 4.69) is 13.8 Å². The Hall–Kier alpha value is -0.370. The van der Waals surface area contributed by atoms with E-state index in [0.29, 0.717) is 12.2 Å². The zero-order valence-electron chi connectivity index (χ0n) is 11.6. The van der Waals surface area contributed by atoms with Gasteiger partial charge in [0.2, 0.25) is 0 Å². The summed E-state index contributed by atoms with van der Waals surface area (Å²) in [6.45, 7) is 11.9. The van der Waals surface area contributed by atoms with Crippen molar-refractivity contribution in [3.05, 3.63) is 0 Å². The lowest BCUT2D eigenvalue weighted by Crippen LogP contribution is -2.20. The molecule has 2 heteroatoms. The van der Waals surface area contributed by atoms with E-state index in [9.17, 15) is 4.79 Å². The second kappa shape index (κ2) is 7.83. The standard InChI is InChI=1S/C14H28O2/c1-12(2)8-6-10-16-11-7-9-13(15)14(3,4)5/h12H,6-11H2,1-5H3. The van der Waals surface area contributed by atoms with Gasteiger partial charge in [0.05, 0.1) is 0 Å². The fourth-order valence-corrected chi connectivity index (χ4v) is 1.41. The number of hydrogen-bond donors (Lipinski definition) is 0. The molecule has 2 nitrogen and oxygen atoms in total. The third-order valence-electron chi connectivity index (χ3n) is 2.60. The molecule has 0 aliphatic rings. The molecule has 0 fully saturated rings. The smallest absolute Gasteiger partial charge is 0.138 e. The van der Waals surface area contributed by atoms with E-state index in [0.717, 1.165) is 32.0 Å². The van der Waals surface area contributed by atoms with E-state index >= 15 is 0 Å². The Balaban J connectivity index is 3.31. The van der Waals surface area contributed by atoms with E-state index in [4.69, 9.17) is 4.74 Å². The quantitative estimate of drug-likeness (QED) is 0.590. The van der Waals surface area contributed by atoms with Crippen molar-refractivity contribution >= 4 is 5.78 Å². The molecule has 0 atom stereocenters. The Morgan fingerprint density at radius 3 is 2.19 bits per heavy atom. The van der Waals surface area contributed by atoms with Crippen molar-refractivity contribution in [3.8, 4) is 0 Å². The van der Waals surface area contributed by atoms with Crippen LogP contribution in [-0.4, -0.2) is 19.0 Å². The van der Waals surface area contributed by atoms with Gasteiger partial charge in [0.25, 0.3) is 0 Å². The summed E-state index contributed by atoms with van der Waals surface area (Å²) in [6, 6.07) is 0. The number of Topliss-reactive ketones (excluding diaryl/α,β-unsaturated/α-hetero) is 1. The monoisotopic (exact) mass is 228 g/mol. The number of rotatable bonds is 8. The van der Waals surface area contributed by atoms with Crippen LogP contribution in [0.4, 0.5) is 0 Å². The van der Waals surface area contributed by atoms with Crippen molar-refractivity contribution < 1.29 is 9.53 Å². The highest BCUT2D eigenvalue weighted by Crippen LogP contribution is 2.17.